The molecule has 0 unspecified atom stereocenters. The number of hydrogen-bond acceptors (Lipinski definition) is 4. The van der Waals surface area contributed by atoms with E-state index in [-0.39, 0.29) is 0 Å². The van der Waals surface area contributed by atoms with Crippen molar-refractivity contribution in [2.75, 3.05) is 6.61 Å². The molecule has 0 amide bonds. The highest BCUT2D eigenvalue weighted by atomic mass is 16.5. The van der Waals surface area contributed by atoms with Crippen molar-refractivity contribution in [2.45, 2.75) is 12.8 Å². The molecule has 0 fully saturated rings. The molecule has 0 radical (unpaired) electrons. The predicted molar refractivity (Wildman–Crippen MR) is 77.6 cm³/mol. The molecule has 0 spiro atoms. The highest BCUT2D eigenvalue weighted by Crippen LogP contribution is 2.17. The number of nitrogens with one attached hydrogen (secondary N) is 1. The van der Waals surface area contributed by atoms with Crippen molar-refractivity contribution in [3.05, 3.63) is 54.4 Å². The van der Waals surface area contributed by atoms with E-state index >= 15 is 0 Å². The van der Waals surface area contributed by atoms with Crippen molar-refractivity contribution in [1.29, 1.82) is 0 Å². The van der Waals surface area contributed by atoms with Crippen LogP contribution in [0.3, 0.4) is 0 Å². The van der Waals surface area contributed by atoms with Gasteiger partial charge in [0, 0.05) is 11.9 Å². The third-order valence-corrected chi connectivity index (χ3v) is 2.68. The molecule has 2 N–H and O–H groups in total. The SMILES string of the molecule is ONC=Nc1ccc(OCCCc2ccccn2)cc1. The minimum absolute atomic E-state index is 0.650. The second-order valence-electron chi connectivity index (χ2n) is 4.15. The first kappa shape index (κ1) is 14.0. The van der Waals surface area contributed by atoms with Gasteiger partial charge in [0.05, 0.1) is 12.3 Å². The minimum atomic E-state index is 0.650. The molecule has 0 aliphatic heterocycles. The molecule has 0 saturated heterocycles. The van der Waals surface area contributed by atoms with Crippen LogP contribution in [-0.4, -0.2) is 23.1 Å². The first-order valence-electron chi connectivity index (χ1n) is 6.43. The van der Waals surface area contributed by atoms with Crippen LogP contribution in [0, 0.1) is 0 Å². The van der Waals surface area contributed by atoms with Crippen LogP contribution in [0.4, 0.5) is 5.69 Å². The van der Waals surface area contributed by atoms with Gasteiger partial charge in [-0.15, -0.1) is 0 Å². The zero-order valence-corrected chi connectivity index (χ0v) is 11.1. The van der Waals surface area contributed by atoms with Crippen LogP contribution in [0.1, 0.15) is 12.1 Å². The van der Waals surface area contributed by atoms with E-state index in [4.69, 9.17) is 9.94 Å². The van der Waals surface area contributed by atoms with Gasteiger partial charge in [0.15, 0.2) is 0 Å². The maximum Gasteiger partial charge on any atom is 0.119 e. The lowest BCUT2D eigenvalue weighted by atomic mass is 10.2. The predicted octanol–water partition coefficient (Wildman–Crippen LogP) is 2.73. The van der Waals surface area contributed by atoms with E-state index in [2.05, 4.69) is 9.98 Å². The molecule has 0 aliphatic rings. The van der Waals surface area contributed by atoms with Gasteiger partial charge in [0.25, 0.3) is 0 Å². The molecule has 1 aromatic carbocycles. The van der Waals surface area contributed by atoms with Gasteiger partial charge < -0.3 is 4.74 Å². The third kappa shape index (κ3) is 4.70. The number of hydroxylamine groups is 1. The molecule has 2 rings (SSSR count). The Kier molecular flexibility index (Phi) is 5.54. The zero-order valence-electron chi connectivity index (χ0n) is 11.1. The average Bonchev–Trinajstić information content (AvgIpc) is 2.52. The van der Waals surface area contributed by atoms with Crippen LogP contribution in [-0.2, 0) is 6.42 Å². The average molecular weight is 271 g/mol. The number of aliphatic imine (C=N–C) groups is 1. The van der Waals surface area contributed by atoms with Crippen molar-refractivity contribution >= 4 is 12.0 Å². The monoisotopic (exact) mass is 271 g/mol. The van der Waals surface area contributed by atoms with E-state index in [1.807, 2.05) is 47.9 Å². The minimum Gasteiger partial charge on any atom is -0.494 e. The Bertz CT molecular complexity index is 527. The largest absolute Gasteiger partial charge is 0.494 e. The van der Waals surface area contributed by atoms with Gasteiger partial charge in [0.1, 0.15) is 12.1 Å². The summed E-state index contributed by atoms with van der Waals surface area (Å²) >= 11 is 0. The van der Waals surface area contributed by atoms with Gasteiger partial charge in [-0.05, 0) is 49.2 Å². The van der Waals surface area contributed by atoms with E-state index in [9.17, 15) is 0 Å². The van der Waals surface area contributed by atoms with E-state index < -0.39 is 0 Å². The standard InChI is InChI=1S/C15H17N3O2/c19-18-12-17-14-6-8-15(9-7-14)20-11-3-5-13-4-1-2-10-16-13/h1-2,4,6-10,12,19H,3,5,11H2,(H,17,18). The van der Waals surface area contributed by atoms with Gasteiger partial charge in [-0.1, -0.05) is 6.07 Å². The highest BCUT2D eigenvalue weighted by molar-refractivity contribution is 5.59. The first-order valence-corrected chi connectivity index (χ1v) is 6.43. The molecular weight excluding hydrogens is 254 g/mol. The number of benzene rings is 1. The summed E-state index contributed by atoms with van der Waals surface area (Å²) in [6, 6.07) is 13.3. The zero-order chi connectivity index (χ0) is 14.0. The molecule has 20 heavy (non-hydrogen) atoms. The van der Waals surface area contributed by atoms with E-state index in [0.717, 1.165) is 30.0 Å². The lowest BCUT2D eigenvalue weighted by Gasteiger charge is -2.06. The van der Waals surface area contributed by atoms with Gasteiger partial charge in [-0.2, -0.15) is 0 Å². The number of pyridine rings is 1. The van der Waals surface area contributed by atoms with Crippen molar-refractivity contribution in [3.63, 3.8) is 0 Å². The maximum absolute atomic E-state index is 8.39. The second kappa shape index (κ2) is 7.91. The fourth-order valence-electron chi connectivity index (χ4n) is 1.72. The molecule has 0 atom stereocenters. The number of rotatable bonds is 7. The fraction of sp³-hybridized carbons (Fsp3) is 0.200. The summed E-state index contributed by atoms with van der Waals surface area (Å²) in [6.07, 6.45) is 4.84. The number of ether oxygens (including phenoxy) is 1. The molecule has 2 aromatic rings. The molecule has 1 aromatic heterocycles. The smallest absolute Gasteiger partial charge is 0.119 e. The molecule has 1 heterocycles. The Morgan fingerprint density at radius 1 is 1.20 bits per heavy atom. The van der Waals surface area contributed by atoms with E-state index in [1.54, 1.807) is 6.20 Å². The van der Waals surface area contributed by atoms with Gasteiger partial charge >= 0.3 is 0 Å². The van der Waals surface area contributed by atoms with Crippen LogP contribution < -0.4 is 10.2 Å². The van der Waals surface area contributed by atoms with E-state index in [0.29, 0.717) is 6.61 Å². The summed E-state index contributed by atoms with van der Waals surface area (Å²) < 4.78 is 5.64. The Morgan fingerprint density at radius 3 is 2.75 bits per heavy atom. The van der Waals surface area contributed by atoms with Crippen LogP contribution in [0.2, 0.25) is 0 Å². The molecule has 0 aliphatic carbocycles. The number of hydrogen-bond donors (Lipinski definition) is 2. The summed E-state index contributed by atoms with van der Waals surface area (Å²) in [7, 11) is 0. The van der Waals surface area contributed by atoms with Crippen LogP contribution in [0.25, 0.3) is 0 Å². The summed E-state index contributed by atoms with van der Waals surface area (Å²) in [5.74, 6) is 0.807. The number of nitrogens with zero attached hydrogens (tertiary/aromatic N) is 2. The summed E-state index contributed by atoms with van der Waals surface area (Å²) in [6.45, 7) is 0.650. The Labute approximate surface area is 117 Å². The van der Waals surface area contributed by atoms with Gasteiger partial charge in [-0.3, -0.25) is 15.7 Å². The normalized spacial score (nSPS) is 10.7. The van der Waals surface area contributed by atoms with Crippen molar-refractivity contribution < 1.29 is 9.94 Å². The Morgan fingerprint density at radius 2 is 2.05 bits per heavy atom. The van der Waals surface area contributed by atoms with E-state index in [1.165, 1.54) is 6.34 Å². The van der Waals surface area contributed by atoms with Crippen LogP contribution >= 0.6 is 0 Å². The van der Waals surface area contributed by atoms with Gasteiger partial charge in [-0.25, -0.2) is 4.99 Å². The van der Waals surface area contributed by atoms with Crippen LogP contribution in [0.5, 0.6) is 5.75 Å². The second-order valence-corrected chi connectivity index (χ2v) is 4.15. The fourth-order valence-corrected chi connectivity index (χ4v) is 1.72. The molecule has 0 bridgehead atoms. The maximum atomic E-state index is 8.39. The van der Waals surface area contributed by atoms with Crippen LogP contribution in [0.15, 0.2) is 53.7 Å². The lowest BCUT2D eigenvalue weighted by molar-refractivity contribution is 0.240. The Hall–Kier alpha value is -2.40. The molecular formula is C15H17N3O2. The number of aromatic nitrogens is 1. The third-order valence-electron chi connectivity index (χ3n) is 2.68. The summed E-state index contributed by atoms with van der Waals surface area (Å²) in [5, 5.41) is 8.39. The molecule has 5 nitrogen and oxygen atoms in total. The summed E-state index contributed by atoms with van der Waals surface area (Å²) in [4.78, 5) is 8.22. The highest BCUT2D eigenvalue weighted by Gasteiger charge is 1.96. The molecule has 5 heteroatoms. The van der Waals surface area contributed by atoms with Crippen molar-refractivity contribution in [2.24, 2.45) is 4.99 Å². The molecule has 0 saturated carbocycles. The quantitative estimate of drug-likeness (QED) is 0.352. The summed E-state index contributed by atoms with van der Waals surface area (Å²) in [5.41, 5.74) is 3.68. The lowest BCUT2D eigenvalue weighted by Crippen LogP contribution is -2.01. The topological polar surface area (TPSA) is 66.7 Å². The van der Waals surface area contributed by atoms with Crippen molar-refractivity contribution in [1.82, 2.24) is 10.5 Å². The van der Waals surface area contributed by atoms with Crippen molar-refractivity contribution in [3.8, 4) is 5.75 Å². The number of aryl methyl sites for hydroxylation is 1. The van der Waals surface area contributed by atoms with Gasteiger partial charge in [0.2, 0.25) is 0 Å². The first-order chi connectivity index (χ1) is 9.88. The Balaban J connectivity index is 1.73. The molecule has 104 valence electrons.